The monoisotopic (exact) mass is 285 g/mol. The van der Waals surface area contributed by atoms with Crippen LogP contribution >= 0.6 is 0 Å². The number of pyridine rings is 1. The first kappa shape index (κ1) is 15.5. The van der Waals surface area contributed by atoms with Crippen molar-refractivity contribution in [1.82, 2.24) is 10.3 Å². The summed E-state index contributed by atoms with van der Waals surface area (Å²) < 4.78 is 0. The van der Waals surface area contributed by atoms with E-state index in [9.17, 15) is 4.79 Å². The molecule has 0 aromatic carbocycles. The summed E-state index contributed by atoms with van der Waals surface area (Å²) >= 11 is 0. The van der Waals surface area contributed by atoms with Crippen molar-refractivity contribution >= 4 is 5.91 Å². The Hall–Kier alpha value is -1.86. The minimum absolute atomic E-state index is 0.0727. The lowest BCUT2D eigenvalue weighted by atomic mass is 9.80. The highest BCUT2D eigenvalue weighted by Crippen LogP contribution is 2.28. The average molecular weight is 285 g/mol. The van der Waals surface area contributed by atoms with Gasteiger partial charge >= 0.3 is 0 Å². The molecule has 1 heterocycles. The maximum atomic E-state index is 12.3. The number of nitrogens with zero attached hydrogens (tertiary/aromatic N) is 1. The number of hydrogen-bond acceptors (Lipinski definition) is 3. The van der Waals surface area contributed by atoms with Gasteiger partial charge in [-0.2, -0.15) is 0 Å². The third-order valence-corrected chi connectivity index (χ3v) is 4.20. The number of hydrogen-bond donors (Lipinski definition) is 2. The maximum absolute atomic E-state index is 12.3. The summed E-state index contributed by atoms with van der Waals surface area (Å²) in [5.74, 6) is 6.87. The summed E-state index contributed by atoms with van der Waals surface area (Å²) in [5.41, 5.74) is 6.59. The third-order valence-electron chi connectivity index (χ3n) is 4.20. The highest BCUT2D eigenvalue weighted by Gasteiger charge is 2.22. The van der Waals surface area contributed by atoms with Crippen LogP contribution in [-0.4, -0.2) is 24.0 Å². The van der Waals surface area contributed by atoms with E-state index in [1.165, 1.54) is 25.7 Å². The summed E-state index contributed by atoms with van der Waals surface area (Å²) in [6, 6.07) is 1.71. The zero-order chi connectivity index (χ0) is 15.1. The largest absolute Gasteiger partial charge is 0.352 e. The molecule has 112 valence electrons. The van der Waals surface area contributed by atoms with Crippen molar-refractivity contribution in [3.05, 3.63) is 29.6 Å². The molecule has 1 aliphatic rings. The van der Waals surface area contributed by atoms with E-state index in [4.69, 9.17) is 5.73 Å². The Morgan fingerprint density at radius 1 is 1.48 bits per heavy atom. The number of aromatic nitrogens is 1. The lowest BCUT2D eigenvalue weighted by Crippen LogP contribution is -2.33. The van der Waals surface area contributed by atoms with Crippen LogP contribution in [0.4, 0.5) is 0 Å². The van der Waals surface area contributed by atoms with Gasteiger partial charge < -0.3 is 11.1 Å². The molecule has 2 rings (SSSR count). The van der Waals surface area contributed by atoms with Crippen LogP contribution in [0.25, 0.3) is 0 Å². The molecule has 2 unspecified atom stereocenters. The van der Waals surface area contributed by atoms with Gasteiger partial charge in [-0.15, -0.1) is 0 Å². The molecule has 1 amide bonds. The lowest BCUT2D eigenvalue weighted by molar-refractivity contribution is 0.0936. The van der Waals surface area contributed by atoms with Gasteiger partial charge in [0.15, 0.2) is 0 Å². The van der Waals surface area contributed by atoms with Crippen molar-refractivity contribution in [1.29, 1.82) is 0 Å². The lowest BCUT2D eigenvalue weighted by Gasteiger charge is -2.28. The summed E-state index contributed by atoms with van der Waals surface area (Å²) in [7, 11) is 0. The molecular weight excluding hydrogens is 262 g/mol. The highest BCUT2D eigenvalue weighted by atomic mass is 16.1. The van der Waals surface area contributed by atoms with Crippen LogP contribution in [-0.2, 0) is 0 Å². The average Bonchev–Trinajstić information content (AvgIpc) is 2.52. The molecule has 4 nitrogen and oxygen atoms in total. The van der Waals surface area contributed by atoms with Gasteiger partial charge in [-0.25, -0.2) is 0 Å². The second-order valence-corrected chi connectivity index (χ2v) is 5.66. The van der Waals surface area contributed by atoms with Crippen LogP contribution in [0.3, 0.4) is 0 Å². The molecule has 0 saturated heterocycles. The van der Waals surface area contributed by atoms with Crippen molar-refractivity contribution in [3.8, 4) is 11.8 Å². The smallest absolute Gasteiger partial charge is 0.252 e. The Kier molecular flexibility index (Phi) is 5.77. The van der Waals surface area contributed by atoms with E-state index in [2.05, 4.69) is 29.1 Å². The first-order valence-corrected chi connectivity index (χ1v) is 7.63. The van der Waals surface area contributed by atoms with Gasteiger partial charge in [0.1, 0.15) is 0 Å². The highest BCUT2D eigenvalue weighted by molar-refractivity contribution is 5.96. The molecule has 1 saturated carbocycles. The summed E-state index contributed by atoms with van der Waals surface area (Å²) in [5, 5.41) is 3.05. The fraction of sp³-hybridized carbons (Fsp3) is 0.529. The predicted molar refractivity (Wildman–Crippen MR) is 83.6 cm³/mol. The molecule has 1 aromatic heterocycles. The second kappa shape index (κ2) is 7.80. The van der Waals surface area contributed by atoms with Crippen molar-refractivity contribution in [2.24, 2.45) is 17.6 Å². The molecule has 4 heteroatoms. The fourth-order valence-corrected chi connectivity index (χ4v) is 2.85. The Morgan fingerprint density at radius 2 is 2.29 bits per heavy atom. The van der Waals surface area contributed by atoms with E-state index >= 15 is 0 Å². The van der Waals surface area contributed by atoms with Crippen LogP contribution < -0.4 is 11.1 Å². The van der Waals surface area contributed by atoms with E-state index in [0.29, 0.717) is 23.0 Å². The first-order valence-electron chi connectivity index (χ1n) is 7.63. The Labute approximate surface area is 126 Å². The standard InChI is InChI=1S/C17H23N3O/c1-13-5-2-3-6-14(13)12-20-17(21)16-8-10-19-11-15(16)7-4-9-18/h8,10-11,13-14H,2-3,5-6,9,12,18H2,1H3,(H,20,21). The SMILES string of the molecule is CC1CCCCC1CNC(=O)c1ccncc1C#CCN. The quantitative estimate of drug-likeness (QED) is 0.834. The van der Waals surface area contributed by atoms with Gasteiger partial charge in [0.2, 0.25) is 0 Å². The second-order valence-electron chi connectivity index (χ2n) is 5.66. The van der Waals surface area contributed by atoms with Crippen molar-refractivity contribution < 1.29 is 4.79 Å². The summed E-state index contributed by atoms with van der Waals surface area (Å²) in [6.45, 7) is 3.29. The van der Waals surface area contributed by atoms with Crippen LogP contribution in [0.15, 0.2) is 18.5 Å². The van der Waals surface area contributed by atoms with Gasteiger partial charge in [0.25, 0.3) is 5.91 Å². The van der Waals surface area contributed by atoms with Gasteiger partial charge in [0, 0.05) is 18.9 Å². The molecule has 0 bridgehead atoms. The molecular formula is C17H23N3O. The number of nitrogens with two attached hydrogens (primary N) is 1. The van der Waals surface area contributed by atoms with Gasteiger partial charge in [-0.1, -0.05) is 38.0 Å². The molecule has 0 aliphatic heterocycles. The number of rotatable bonds is 3. The van der Waals surface area contributed by atoms with E-state index < -0.39 is 0 Å². The molecule has 21 heavy (non-hydrogen) atoms. The van der Waals surface area contributed by atoms with E-state index in [0.717, 1.165) is 6.54 Å². The zero-order valence-electron chi connectivity index (χ0n) is 12.6. The summed E-state index contributed by atoms with van der Waals surface area (Å²) in [6.07, 6.45) is 8.29. The zero-order valence-corrected chi connectivity index (χ0v) is 12.6. The maximum Gasteiger partial charge on any atom is 0.252 e. The van der Waals surface area contributed by atoms with Crippen LogP contribution in [0.5, 0.6) is 0 Å². The number of carbonyl (C=O) groups excluding carboxylic acids is 1. The van der Waals surface area contributed by atoms with Crippen LogP contribution in [0.2, 0.25) is 0 Å². The number of nitrogens with one attached hydrogen (secondary N) is 1. The van der Waals surface area contributed by atoms with Crippen LogP contribution in [0, 0.1) is 23.7 Å². The van der Waals surface area contributed by atoms with E-state index in [1.54, 1.807) is 18.5 Å². The van der Waals surface area contributed by atoms with E-state index in [1.807, 2.05) is 0 Å². The van der Waals surface area contributed by atoms with Crippen molar-refractivity contribution in [2.75, 3.05) is 13.1 Å². The molecule has 1 aliphatic carbocycles. The third kappa shape index (κ3) is 4.30. The Bertz CT molecular complexity index is 544. The minimum Gasteiger partial charge on any atom is -0.352 e. The topological polar surface area (TPSA) is 68.0 Å². The molecule has 0 spiro atoms. The summed E-state index contributed by atoms with van der Waals surface area (Å²) in [4.78, 5) is 16.4. The first-order chi connectivity index (χ1) is 10.2. The van der Waals surface area contributed by atoms with Gasteiger partial charge in [0.05, 0.1) is 17.7 Å². The molecule has 0 radical (unpaired) electrons. The molecule has 1 aromatic rings. The Morgan fingerprint density at radius 3 is 3.05 bits per heavy atom. The molecule has 2 atom stereocenters. The minimum atomic E-state index is -0.0727. The van der Waals surface area contributed by atoms with Gasteiger partial charge in [-0.3, -0.25) is 9.78 Å². The van der Waals surface area contributed by atoms with Gasteiger partial charge in [-0.05, 0) is 24.3 Å². The fourth-order valence-electron chi connectivity index (χ4n) is 2.85. The molecule has 1 fully saturated rings. The van der Waals surface area contributed by atoms with Crippen molar-refractivity contribution in [3.63, 3.8) is 0 Å². The van der Waals surface area contributed by atoms with Crippen molar-refractivity contribution in [2.45, 2.75) is 32.6 Å². The van der Waals surface area contributed by atoms with E-state index in [-0.39, 0.29) is 12.5 Å². The molecule has 3 N–H and O–H groups in total. The predicted octanol–water partition coefficient (Wildman–Crippen LogP) is 1.95. The number of carbonyl (C=O) groups is 1. The normalized spacial score (nSPS) is 21.2. The van der Waals surface area contributed by atoms with Crippen LogP contribution in [0.1, 0.15) is 48.5 Å². The Balaban J connectivity index is 2.00. The number of amides is 1.